The van der Waals surface area contributed by atoms with Crippen LogP contribution in [0.2, 0.25) is 5.02 Å². The first-order valence-electron chi connectivity index (χ1n) is 13.6. The fourth-order valence-electron chi connectivity index (χ4n) is 5.33. The van der Waals surface area contributed by atoms with Crippen molar-refractivity contribution >= 4 is 28.2 Å². The lowest BCUT2D eigenvalue weighted by Gasteiger charge is -2.39. The van der Waals surface area contributed by atoms with Gasteiger partial charge in [-0.25, -0.2) is 0 Å². The smallest absolute Gasteiger partial charge is 0.0791 e. The minimum Gasteiger partial charge on any atom is -0.369 e. The van der Waals surface area contributed by atoms with Crippen LogP contribution in [0.4, 0.5) is 5.69 Å². The Balaban J connectivity index is 1.20. The third kappa shape index (κ3) is 7.79. The SMILES string of the molecule is CCC(Nc1ccnc2cc(Cl)ccc12)N1CCN(CCCC(NCCCCC#N)C2CC2)CC1. The molecular formula is C28H41ClN6. The van der Waals surface area contributed by atoms with Crippen LogP contribution in [-0.2, 0) is 0 Å². The van der Waals surface area contributed by atoms with Crippen LogP contribution in [-0.4, -0.2) is 66.3 Å². The van der Waals surface area contributed by atoms with Crippen molar-refractivity contribution in [2.75, 3.05) is 44.6 Å². The zero-order valence-corrected chi connectivity index (χ0v) is 21.9. The number of nitriles is 1. The van der Waals surface area contributed by atoms with E-state index in [0.29, 0.717) is 18.6 Å². The van der Waals surface area contributed by atoms with Gasteiger partial charge in [0, 0.05) is 60.9 Å². The number of unbranched alkanes of at least 4 members (excludes halogenated alkanes) is 2. The first kappa shape index (κ1) is 26.2. The number of nitrogens with one attached hydrogen (secondary N) is 2. The van der Waals surface area contributed by atoms with Gasteiger partial charge in [0.15, 0.2) is 0 Å². The largest absolute Gasteiger partial charge is 0.369 e. The van der Waals surface area contributed by atoms with E-state index in [1.54, 1.807) is 0 Å². The van der Waals surface area contributed by atoms with Crippen LogP contribution >= 0.6 is 11.6 Å². The van der Waals surface area contributed by atoms with E-state index in [0.717, 1.165) is 79.5 Å². The molecule has 1 saturated heterocycles. The van der Waals surface area contributed by atoms with Crippen LogP contribution in [0.25, 0.3) is 10.9 Å². The normalized spacial score (nSPS) is 18.9. The number of nitrogens with zero attached hydrogens (tertiary/aromatic N) is 4. The number of hydrogen-bond donors (Lipinski definition) is 2. The number of hydrogen-bond acceptors (Lipinski definition) is 6. The molecule has 2 heterocycles. The van der Waals surface area contributed by atoms with Gasteiger partial charge in [-0.15, -0.1) is 0 Å². The molecule has 0 bridgehead atoms. The standard InChI is InChI=1S/C28H41ClN6/c1-2-28(33-26-12-15-32-27-21-23(29)10-11-24(26)27)35-19-17-34(18-20-35)16-6-7-25(22-8-9-22)31-14-5-3-4-13-30/h10-12,15,21-22,25,28,31H,2-9,14,16-20H2,1H3,(H,32,33). The maximum Gasteiger partial charge on any atom is 0.0791 e. The highest BCUT2D eigenvalue weighted by molar-refractivity contribution is 6.31. The van der Waals surface area contributed by atoms with E-state index in [2.05, 4.69) is 50.5 Å². The van der Waals surface area contributed by atoms with Gasteiger partial charge >= 0.3 is 0 Å². The molecule has 1 saturated carbocycles. The fourth-order valence-corrected chi connectivity index (χ4v) is 5.50. The molecular weight excluding hydrogens is 456 g/mol. The molecule has 0 amide bonds. The number of anilines is 1. The Labute approximate surface area is 216 Å². The van der Waals surface area contributed by atoms with Crippen LogP contribution in [0.5, 0.6) is 0 Å². The maximum atomic E-state index is 8.70. The van der Waals surface area contributed by atoms with Crippen LogP contribution in [0.3, 0.4) is 0 Å². The topological polar surface area (TPSA) is 67.2 Å². The second kappa shape index (κ2) is 13.4. The fraction of sp³-hybridized carbons (Fsp3) is 0.643. The van der Waals surface area contributed by atoms with Gasteiger partial charge in [0.25, 0.3) is 0 Å². The summed E-state index contributed by atoms with van der Waals surface area (Å²) < 4.78 is 0. The number of rotatable bonds is 14. The maximum absolute atomic E-state index is 8.70. The van der Waals surface area contributed by atoms with Gasteiger partial charge in [-0.1, -0.05) is 18.5 Å². The highest BCUT2D eigenvalue weighted by Gasteiger charge is 2.30. The van der Waals surface area contributed by atoms with E-state index < -0.39 is 0 Å². The second-order valence-corrected chi connectivity index (χ2v) is 10.6. The number of aromatic nitrogens is 1. The zero-order valence-electron chi connectivity index (χ0n) is 21.2. The predicted octanol–water partition coefficient (Wildman–Crippen LogP) is 5.50. The number of fused-ring (bicyclic) bond motifs is 1. The summed E-state index contributed by atoms with van der Waals surface area (Å²) in [5.41, 5.74) is 2.07. The first-order valence-corrected chi connectivity index (χ1v) is 13.9. The first-order chi connectivity index (χ1) is 17.2. The highest BCUT2D eigenvalue weighted by Crippen LogP contribution is 2.34. The summed E-state index contributed by atoms with van der Waals surface area (Å²) in [6, 6.07) is 10.9. The van der Waals surface area contributed by atoms with E-state index in [1.165, 1.54) is 32.2 Å². The Morgan fingerprint density at radius 2 is 1.97 bits per heavy atom. The lowest BCUT2D eigenvalue weighted by atomic mass is 10.1. The third-order valence-electron chi connectivity index (χ3n) is 7.56. The lowest BCUT2D eigenvalue weighted by Crippen LogP contribution is -2.52. The minimum atomic E-state index is 0.322. The lowest BCUT2D eigenvalue weighted by molar-refractivity contribution is 0.102. The summed E-state index contributed by atoms with van der Waals surface area (Å²) in [4.78, 5) is 9.72. The van der Waals surface area contributed by atoms with Crippen molar-refractivity contribution in [2.45, 2.75) is 70.5 Å². The average Bonchev–Trinajstić information content (AvgIpc) is 3.72. The molecule has 2 unspecified atom stereocenters. The molecule has 1 aliphatic carbocycles. The minimum absolute atomic E-state index is 0.322. The quantitative estimate of drug-likeness (QED) is 0.337. The van der Waals surface area contributed by atoms with Gasteiger partial charge in [-0.2, -0.15) is 5.26 Å². The Kier molecular flexibility index (Phi) is 10.0. The molecule has 1 aromatic carbocycles. The molecule has 2 aliphatic rings. The van der Waals surface area contributed by atoms with Crippen LogP contribution in [0, 0.1) is 17.2 Å². The van der Waals surface area contributed by atoms with Crippen molar-refractivity contribution in [2.24, 2.45) is 5.92 Å². The summed E-state index contributed by atoms with van der Waals surface area (Å²) >= 11 is 6.16. The van der Waals surface area contributed by atoms with Gasteiger partial charge in [-0.05, 0) is 88.2 Å². The van der Waals surface area contributed by atoms with Gasteiger partial charge in [0.1, 0.15) is 0 Å². The van der Waals surface area contributed by atoms with Crippen molar-refractivity contribution in [1.29, 1.82) is 5.26 Å². The molecule has 2 aromatic rings. The number of piperazine rings is 1. The number of halogens is 1. The van der Waals surface area contributed by atoms with E-state index in [-0.39, 0.29) is 0 Å². The van der Waals surface area contributed by atoms with Crippen LogP contribution in [0.1, 0.15) is 58.3 Å². The van der Waals surface area contributed by atoms with Crippen molar-refractivity contribution in [3.05, 3.63) is 35.5 Å². The second-order valence-electron chi connectivity index (χ2n) is 10.1. The van der Waals surface area contributed by atoms with Crippen molar-refractivity contribution in [1.82, 2.24) is 20.1 Å². The predicted molar refractivity (Wildman–Crippen MR) is 146 cm³/mol. The van der Waals surface area contributed by atoms with Gasteiger partial charge in [0.05, 0.1) is 17.8 Å². The van der Waals surface area contributed by atoms with E-state index in [9.17, 15) is 0 Å². The zero-order chi connectivity index (χ0) is 24.5. The third-order valence-corrected chi connectivity index (χ3v) is 7.80. The number of benzene rings is 1. The molecule has 7 heteroatoms. The van der Waals surface area contributed by atoms with E-state index in [1.807, 2.05) is 18.3 Å². The van der Waals surface area contributed by atoms with Gasteiger partial charge in [0.2, 0.25) is 0 Å². The summed E-state index contributed by atoms with van der Waals surface area (Å²) in [6.07, 6.45) is 11.4. The molecule has 6 nitrogen and oxygen atoms in total. The Bertz CT molecular complexity index is 964. The summed E-state index contributed by atoms with van der Waals surface area (Å²) in [7, 11) is 0. The molecule has 35 heavy (non-hydrogen) atoms. The monoisotopic (exact) mass is 496 g/mol. The molecule has 190 valence electrons. The molecule has 2 atom stereocenters. The molecule has 4 rings (SSSR count). The average molecular weight is 497 g/mol. The molecule has 0 spiro atoms. The van der Waals surface area contributed by atoms with Crippen molar-refractivity contribution in [3.63, 3.8) is 0 Å². The van der Waals surface area contributed by atoms with Gasteiger partial charge < -0.3 is 15.5 Å². The molecule has 2 fully saturated rings. The number of pyridine rings is 1. The van der Waals surface area contributed by atoms with Crippen LogP contribution in [0.15, 0.2) is 30.5 Å². The summed E-state index contributed by atoms with van der Waals surface area (Å²) in [5.74, 6) is 0.888. The van der Waals surface area contributed by atoms with Gasteiger partial charge in [-0.3, -0.25) is 9.88 Å². The molecule has 1 aromatic heterocycles. The van der Waals surface area contributed by atoms with E-state index >= 15 is 0 Å². The van der Waals surface area contributed by atoms with E-state index in [4.69, 9.17) is 16.9 Å². The van der Waals surface area contributed by atoms with Crippen molar-refractivity contribution in [3.8, 4) is 6.07 Å². The summed E-state index contributed by atoms with van der Waals surface area (Å²) in [5, 5.41) is 18.1. The van der Waals surface area contributed by atoms with Crippen molar-refractivity contribution < 1.29 is 0 Å². The Hall–Kier alpha value is -1.91. The highest BCUT2D eigenvalue weighted by atomic mass is 35.5. The molecule has 1 aliphatic heterocycles. The van der Waals surface area contributed by atoms with Crippen LogP contribution < -0.4 is 10.6 Å². The summed E-state index contributed by atoms with van der Waals surface area (Å²) in [6.45, 7) is 9.00. The Morgan fingerprint density at radius 1 is 1.14 bits per heavy atom. The molecule has 0 radical (unpaired) electrons. The Morgan fingerprint density at radius 3 is 2.71 bits per heavy atom. The molecule has 2 N–H and O–H groups in total.